The number of ether oxygens (including phenoxy) is 1. The van der Waals surface area contributed by atoms with Crippen molar-refractivity contribution in [1.82, 2.24) is 19.2 Å². The number of pyridine rings is 1. The van der Waals surface area contributed by atoms with Crippen LogP contribution in [0.25, 0.3) is 5.65 Å². The van der Waals surface area contributed by atoms with Crippen LogP contribution in [0.15, 0.2) is 30.6 Å². The third-order valence-corrected chi connectivity index (χ3v) is 5.55. The van der Waals surface area contributed by atoms with Crippen LogP contribution in [0.3, 0.4) is 0 Å². The van der Waals surface area contributed by atoms with Crippen molar-refractivity contribution >= 4 is 17.6 Å². The van der Waals surface area contributed by atoms with Crippen LogP contribution in [-0.2, 0) is 4.74 Å². The molecule has 0 radical (unpaired) electrons. The van der Waals surface area contributed by atoms with Gasteiger partial charge in [0.05, 0.1) is 0 Å². The highest BCUT2D eigenvalue weighted by Crippen LogP contribution is 2.41. The van der Waals surface area contributed by atoms with Crippen LogP contribution in [0.5, 0.6) is 0 Å². The highest BCUT2D eigenvalue weighted by atomic mass is 16.6. The second-order valence-electron chi connectivity index (χ2n) is 8.49. The van der Waals surface area contributed by atoms with E-state index in [1.165, 1.54) is 0 Å². The summed E-state index contributed by atoms with van der Waals surface area (Å²) in [4.78, 5) is 33.5. The lowest BCUT2D eigenvalue weighted by Crippen LogP contribution is -2.66. The molecule has 4 heterocycles. The number of piperidine rings is 1. The quantitative estimate of drug-likeness (QED) is 0.774. The van der Waals surface area contributed by atoms with Gasteiger partial charge < -0.3 is 18.9 Å². The SMILES string of the molecule is CC(C)(C)OC(=O)N1CCC2(CC1)CCN2C(=O)c1cn2ccccc2n1. The van der Waals surface area contributed by atoms with E-state index in [9.17, 15) is 9.59 Å². The Hall–Kier alpha value is -2.57. The molecule has 2 aliphatic heterocycles. The Morgan fingerprint density at radius 2 is 1.81 bits per heavy atom. The molecule has 2 aliphatic rings. The van der Waals surface area contributed by atoms with Crippen molar-refractivity contribution < 1.29 is 14.3 Å². The van der Waals surface area contributed by atoms with E-state index in [1.54, 1.807) is 11.1 Å². The molecule has 27 heavy (non-hydrogen) atoms. The third kappa shape index (κ3) is 3.26. The van der Waals surface area contributed by atoms with Crippen LogP contribution in [0.1, 0.15) is 50.5 Å². The van der Waals surface area contributed by atoms with E-state index >= 15 is 0 Å². The van der Waals surface area contributed by atoms with Gasteiger partial charge in [0, 0.05) is 37.6 Å². The molecular weight excluding hydrogens is 344 g/mol. The zero-order valence-electron chi connectivity index (χ0n) is 16.1. The van der Waals surface area contributed by atoms with Gasteiger partial charge in [0.1, 0.15) is 16.9 Å². The monoisotopic (exact) mass is 370 g/mol. The summed E-state index contributed by atoms with van der Waals surface area (Å²) in [6, 6.07) is 5.72. The normalized spacial score (nSPS) is 19.2. The van der Waals surface area contributed by atoms with E-state index in [1.807, 2.05) is 54.5 Å². The maximum Gasteiger partial charge on any atom is 0.410 e. The molecule has 144 valence electrons. The molecule has 7 nitrogen and oxygen atoms in total. The Morgan fingerprint density at radius 1 is 1.11 bits per heavy atom. The molecule has 0 bridgehead atoms. The summed E-state index contributed by atoms with van der Waals surface area (Å²) in [6.07, 6.45) is 5.96. The average Bonchev–Trinajstić information content (AvgIpc) is 3.03. The number of imidazole rings is 1. The highest BCUT2D eigenvalue weighted by Gasteiger charge is 2.50. The van der Waals surface area contributed by atoms with Gasteiger partial charge in [-0.3, -0.25) is 4.79 Å². The summed E-state index contributed by atoms with van der Waals surface area (Å²) < 4.78 is 7.33. The van der Waals surface area contributed by atoms with Crippen molar-refractivity contribution in [3.05, 3.63) is 36.3 Å². The zero-order chi connectivity index (χ0) is 19.2. The predicted molar refractivity (Wildman–Crippen MR) is 101 cm³/mol. The summed E-state index contributed by atoms with van der Waals surface area (Å²) in [5, 5.41) is 0. The molecule has 0 unspecified atom stereocenters. The van der Waals surface area contributed by atoms with E-state index in [0.29, 0.717) is 18.8 Å². The number of hydrogen-bond donors (Lipinski definition) is 0. The minimum absolute atomic E-state index is 0.0179. The van der Waals surface area contributed by atoms with Gasteiger partial charge in [-0.05, 0) is 52.2 Å². The molecule has 1 spiro atoms. The molecule has 2 amide bonds. The van der Waals surface area contributed by atoms with Crippen LogP contribution in [0.4, 0.5) is 4.79 Å². The first-order chi connectivity index (χ1) is 12.8. The van der Waals surface area contributed by atoms with Crippen molar-refractivity contribution in [2.45, 2.75) is 51.2 Å². The van der Waals surface area contributed by atoms with Crippen LogP contribution >= 0.6 is 0 Å². The van der Waals surface area contributed by atoms with E-state index in [2.05, 4.69) is 4.98 Å². The first-order valence-electron chi connectivity index (χ1n) is 9.51. The Bertz CT molecular complexity index is 842. The Kier molecular flexibility index (Phi) is 4.13. The number of nitrogens with zero attached hydrogens (tertiary/aromatic N) is 4. The Labute approximate surface area is 158 Å². The molecular formula is C20H26N4O3. The molecule has 0 atom stereocenters. The average molecular weight is 370 g/mol. The number of aromatic nitrogens is 2. The van der Waals surface area contributed by atoms with Gasteiger partial charge in [0.2, 0.25) is 0 Å². The minimum Gasteiger partial charge on any atom is -0.444 e. The lowest BCUT2D eigenvalue weighted by atomic mass is 9.76. The van der Waals surface area contributed by atoms with E-state index < -0.39 is 5.60 Å². The van der Waals surface area contributed by atoms with Crippen molar-refractivity contribution in [2.24, 2.45) is 0 Å². The van der Waals surface area contributed by atoms with Crippen LogP contribution in [-0.4, -0.2) is 62.0 Å². The zero-order valence-corrected chi connectivity index (χ0v) is 16.1. The third-order valence-electron chi connectivity index (χ3n) is 5.55. The van der Waals surface area contributed by atoms with Crippen molar-refractivity contribution in [3.63, 3.8) is 0 Å². The second kappa shape index (κ2) is 6.25. The van der Waals surface area contributed by atoms with E-state index in [0.717, 1.165) is 31.5 Å². The number of amides is 2. The lowest BCUT2D eigenvalue weighted by Gasteiger charge is -2.56. The molecule has 0 aliphatic carbocycles. The number of carbonyl (C=O) groups is 2. The van der Waals surface area contributed by atoms with Crippen LogP contribution in [0.2, 0.25) is 0 Å². The van der Waals surface area contributed by atoms with Crippen molar-refractivity contribution in [2.75, 3.05) is 19.6 Å². The van der Waals surface area contributed by atoms with Gasteiger partial charge in [-0.1, -0.05) is 6.07 Å². The van der Waals surface area contributed by atoms with Crippen molar-refractivity contribution in [1.29, 1.82) is 0 Å². The summed E-state index contributed by atoms with van der Waals surface area (Å²) in [5.41, 5.74) is 0.615. The number of fused-ring (bicyclic) bond motifs is 1. The van der Waals surface area contributed by atoms with Gasteiger partial charge in [-0.25, -0.2) is 9.78 Å². The van der Waals surface area contributed by atoms with E-state index in [-0.39, 0.29) is 17.5 Å². The van der Waals surface area contributed by atoms with Gasteiger partial charge in [0.15, 0.2) is 0 Å². The summed E-state index contributed by atoms with van der Waals surface area (Å²) in [6.45, 7) is 7.60. The van der Waals surface area contributed by atoms with Gasteiger partial charge in [-0.2, -0.15) is 0 Å². The van der Waals surface area contributed by atoms with Gasteiger partial charge in [-0.15, -0.1) is 0 Å². The molecule has 7 heteroatoms. The fourth-order valence-corrected chi connectivity index (χ4v) is 3.98. The highest BCUT2D eigenvalue weighted by molar-refractivity contribution is 5.94. The largest absolute Gasteiger partial charge is 0.444 e. The number of hydrogen-bond acceptors (Lipinski definition) is 4. The maximum absolute atomic E-state index is 13.0. The number of carbonyl (C=O) groups excluding carboxylic acids is 2. The maximum atomic E-state index is 13.0. The Morgan fingerprint density at radius 3 is 2.41 bits per heavy atom. The number of rotatable bonds is 1. The first kappa shape index (κ1) is 17.8. The number of likely N-dealkylation sites (tertiary alicyclic amines) is 2. The predicted octanol–water partition coefficient (Wildman–Crippen LogP) is 2.95. The second-order valence-corrected chi connectivity index (χ2v) is 8.49. The molecule has 2 saturated heterocycles. The van der Waals surface area contributed by atoms with Crippen molar-refractivity contribution in [3.8, 4) is 0 Å². The van der Waals surface area contributed by atoms with Crippen LogP contribution in [0, 0.1) is 0 Å². The lowest BCUT2D eigenvalue weighted by molar-refractivity contribution is -0.0438. The van der Waals surface area contributed by atoms with Gasteiger partial charge >= 0.3 is 6.09 Å². The smallest absolute Gasteiger partial charge is 0.410 e. The standard InChI is InChI=1S/C20H26N4O3/c1-19(2,3)27-18(26)22-11-7-20(8-12-22)9-13-24(20)17(25)15-14-23-10-5-4-6-16(23)21-15/h4-6,10,14H,7-9,11-13H2,1-3H3. The topological polar surface area (TPSA) is 67.2 Å². The summed E-state index contributed by atoms with van der Waals surface area (Å²) >= 11 is 0. The first-order valence-corrected chi connectivity index (χ1v) is 9.51. The molecule has 0 saturated carbocycles. The fraction of sp³-hybridized carbons (Fsp3) is 0.550. The van der Waals surface area contributed by atoms with Gasteiger partial charge in [0.25, 0.3) is 5.91 Å². The Balaban J connectivity index is 1.43. The molecule has 0 aromatic carbocycles. The fourth-order valence-electron chi connectivity index (χ4n) is 3.98. The summed E-state index contributed by atoms with van der Waals surface area (Å²) in [5.74, 6) is -0.0179. The minimum atomic E-state index is -0.492. The molecule has 4 rings (SSSR count). The van der Waals surface area contributed by atoms with E-state index in [4.69, 9.17) is 4.74 Å². The molecule has 2 fully saturated rings. The molecule has 2 aromatic heterocycles. The molecule has 0 N–H and O–H groups in total. The van der Waals surface area contributed by atoms with Crippen LogP contribution < -0.4 is 0 Å². The summed E-state index contributed by atoms with van der Waals surface area (Å²) in [7, 11) is 0. The molecule has 2 aromatic rings.